The highest BCUT2D eigenvalue weighted by Gasteiger charge is 2.31. The number of carbonyl (C=O) groups is 2. The Bertz CT molecular complexity index is 1030. The van der Waals surface area contributed by atoms with Crippen LogP contribution in [0.15, 0.2) is 46.4 Å². The summed E-state index contributed by atoms with van der Waals surface area (Å²) in [5.41, 5.74) is -0.0322. The summed E-state index contributed by atoms with van der Waals surface area (Å²) in [6.45, 7) is 10.6. The highest BCUT2D eigenvalue weighted by atomic mass is 16.4. The minimum Gasteiger partial charge on any atom is -0.507 e. The van der Waals surface area contributed by atoms with Gasteiger partial charge in [-0.05, 0) is 23.0 Å². The first-order valence-corrected chi connectivity index (χ1v) is 10.8. The average molecular weight is 469 g/mol. The summed E-state index contributed by atoms with van der Waals surface area (Å²) >= 11 is 0. The summed E-state index contributed by atoms with van der Waals surface area (Å²) in [4.78, 5) is 31.5. The largest absolute Gasteiger partial charge is 0.507 e. The van der Waals surface area contributed by atoms with Crippen LogP contribution in [0.3, 0.4) is 0 Å². The SMILES string of the molecule is CC(C)(C)[C@H](N=Cc1cccc(-c2cccc(C=N[C@H](C(=O)O)C(C)(C)C)c2O)c1O)C(=O)O. The van der Waals surface area contributed by atoms with Gasteiger partial charge in [-0.2, -0.15) is 0 Å². The maximum absolute atomic E-state index is 11.6. The van der Waals surface area contributed by atoms with Crippen molar-refractivity contribution >= 4 is 24.4 Å². The lowest BCUT2D eigenvalue weighted by Gasteiger charge is -2.23. The summed E-state index contributed by atoms with van der Waals surface area (Å²) in [5, 5.41) is 40.6. The molecule has 34 heavy (non-hydrogen) atoms. The number of aliphatic carboxylic acids is 2. The summed E-state index contributed by atoms with van der Waals surface area (Å²) in [7, 11) is 0. The fourth-order valence-corrected chi connectivity index (χ4v) is 3.39. The van der Waals surface area contributed by atoms with E-state index in [2.05, 4.69) is 9.98 Å². The molecule has 0 saturated heterocycles. The number of benzene rings is 2. The van der Waals surface area contributed by atoms with Crippen molar-refractivity contribution in [3.8, 4) is 22.6 Å². The van der Waals surface area contributed by atoms with Gasteiger partial charge in [0.1, 0.15) is 11.5 Å². The Morgan fingerprint density at radius 2 is 1.03 bits per heavy atom. The van der Waals surface area contributed by atoms with E-state index in [4.69, 9.17) is 0 Å². The molecule has 2 aromatic carbocycles. The number of para-hydroxylation sites is 2. The Hall–Kier alpha value is -3.68. The van der Waals surface area contributed by atoms with E-state index in [1.807, 2.05) is 0 Å². The van der Waals surface area contributed by atoms with Crippen molar-refractivity contribution in [3.05, 3.63) is 47.5 Å². The summed E-state index contributed by atoms with van der Waals surface area (Å²) < 4.78 is 0. The number of phenolic OH excluding ortho intramolecular Hbond substituents is 2. The van der Waals surface area contributed by atoms with Gasteiger partial charge < -0.3 is 20.4 Å². The van der Waals surface area contributed by atoms with Crippen molar-refractivity contribution in [3.63, 3.8) is 0 Å². The van der Waals surface area contributed by atoms with E-state index in [1.165, 1.54) is 12.4 Å². The Balaban J connectivity index is 2.49. The Morgan fingerprint density at radius 1 is 0.706 bits per heavy atom. The zero-order valence-corrected chi connectivity index (χ0v) is 20.3. The smallest absolute Gasteiger partial charge is 0.328 e. The summed E-state index contributed by atoms with van der Waals surface area (Å²) in [6.07, 6.45) is 2.62. The average Bonchev–Trinajstić information content (AvgIpc) is 2.68. The third-order valence-corrected chi connectivity index (χ3v) is 5.26. The molecular formula is C26H32N2O6. The molecule has 0 saturated carbocycles. The van der Waals surface area contributed by atoms with Crippen LogP contribution in [0.4, 0.5) is 0 Å². The van der Waals surface area contributed by atoms with Gasteiger partial charge in [0.05, 0.1) is 0 Å². The quantitative estimate of drug-likeness (QED) is 0.438. The van der Waals surface area contributed by atoms with Gasteiger partial charge in [-0.15, -0.1) is 0 Å². The highest BCUT2D eigenvalue weighted by molar-refractivity contribution is 5.94. The predicted molar refractivity (Wildman–Crippen MR) is 132 cm³/mol. The summed E-state index contributed by atoms with van der Waals surface area (Å²) in [5.74, 6) is -2.49. The maximum atomic E-state index is 11.6. The predicted octanol–water partition coefficient (Wildman–Crippen LogP) is 4.60. The molecule has 182 valence electrons. The molecule has 0 amide bonds. The number of carboxylic acids is 2. The Morgan fingerprint density at radius 3 is 1.29 bits per heavy atom. The number of phenols is 2. The van der Waals surface area contributed by atoms with Crippen LogP contribution in [-0.4, -0.2) is 56.9 Å². The molecule has 0 bridgehead atoms. The van der Waals surface area contributed by atoms with Crippen molar-refractivity contribution in [2.75, 3.05) is 0 Å². The first kappa shape index (κ1) is 26.6. The van der Waals surface area contributed by atoms with Gasteiger partial charge in [0.15, 0.2) is 12.1 Å². The van der Waals surface area contributed by atoms with E-state index in [0.717, 1.165) is 0 Å². The van der Waals surface area contributed by atoms with Crippen molar-refractivity contribution in [1.82, 2.24) is 0 Å². The van der Waals surface area contributed by atoms with Gasteiger partial charge in [-0.25, -0.2) is 9.59 Å². The topological polar surface area (TPSA) is 140 Å². The second-order valence-electron chi connectivity index (χ2n) is 10.3. The van der Waals surface area contributed by atoms with Gasteiger partial charge in [-0.3, -0.25) is 9.98 Å². The molecule has 0 aliphatic rings. The van der Waals surface area contributed by atoms with Crippen LogP contribution in [0.25, 0.3) is 11.1 Å². The first-order chi connectivity index (χ1) is 15.6. The molecular weight excluding hydrogens is 436 g/mol. The molecule has 0 aliphatic heterocycles. The van der Waals surface area contributed by atoms with Crippen molar-refractivity contribution in [2.45, 2.75) is 53.6 Å². The molecule has 4 N–H and O–H groups in total. The van der Waals surface area contributed by atoms with Gasteiger partial charge >= 0.3 is 11.9 Å². The molecule has 0 spiro atoms. The van der Waals surface area contributed by atoms with Crippen molar-refractivity contribution < 1.29 is 30.0 Å². The Labute approximate surface area is 199 Å². The third-order valence-electron chi connectivity index (χ3n) is 5.26. The van der Waals surface area contributed by atoms with Crippen LogP contribution in [0.2, 0.25) is 0 Å². The fraction of sp³-hybridized carbons (Fsp3) is 0.385. The molecule has 0 fully saturated rings. The minimum atomic E-state index is -1.07. The van der Waals surface area contributed by atoms with E-state index >= 15 is 0 Å². The molecule has 0 unspecified atom stereocenters. The second-order valence-corrected chi connectivity index (χ2v) is 10.3. The molecule has 8 heteroatoms. The van der Waals surface area contributed by atoms with E-state index in [9.17, 15) is 30.0 Å². The highest BCUT2D eigenvalue weighted by Crippen LogP contribution is 2.38. The summed E-state index contributed by atoms with van der Waals surface area (Å²) in [6, 6.07) is 7.70. The van der Waals surface area contributed by atoms with Crippen LogP contribution < -0.4 is 0 Å². The number of rotatable bonds is 7. The number of hydrogen-bond acceptors (Lipinski definition) is 6. The monoisotopic (exact) mass is 468 g/mol. The number of aromatic hydroxyl groups is 2. The van der Waals surface area contributed by atoms with E-state index in [-0.39, 0.29) is 11.5 Å². The number of aliphatic imine (C=N–C) groups is 2. The molecule has 0 radical (unpaired) electrons. The lowest BCUT2D eigenvalue weighted by molar-refractivity contribution is -0.141. The second kappa shape index (κ2) is 10.1. The van der Waals surface area contributed by atoms with Gasteiger partial charge in [0.2, 0.25) is 0 Å². The lowest BCUT2D eigenvalue weighted by Crippen LogP contribution is -2.32. The van der Waals surface area contributed by atoms with Crippen LogP contribution >= 0.6 is 0 Å². The third kappa shape index (κ3) is 6.21. The number of hydrogen-bond donors (Lipinski definition) is 4. The van der Waals surface area contributed by atoms with E-state index in [1.54, 1.807) is 77.9 Å². The molecule has 8 nitrogen and oxygen atoms in total. The molecule has 2 atom stereocenters. The van der Waals surface area contributed by atoms with Gasteiger partial charge in [-0.1, -0.05) is 65.8 Å². The van der Waals surface area contributed by atoms with Crippen LogP contribution in [0, 0.1) is 10.8 Å². The van der Waals surface area contributed by atoms with Crippen molar-refractivity contribution in [1.29, 1.82) is 0 Å². The fourth-order valence-electron chi connectivity index (χ4n) is 3.39. The maximum Gasteiger partial charge on any atom is 0.328 e. The molecule has 0 aliphatic carbocycles. The number of nitrogens with zero attached hydrogens (tertiary/aromatic N) is 2. The van der Waals surface area contributed by atoms with Crippen LogP contribution in [-0.2, 0) is 9.59 Å². The van der Waals surface area contributed by atoms with E-state index in [0.29, 0.717) is 22.3 Å². The van der Waals surface area contributed by atoms with Crippen LogP contribution in [0.5, 0.6) is 11.5 Å². The molecule has 0 heterocycles. The van der Waals surface area contributed by atoms with Crippen LogP contribution in [0.1, 0.15) is 52.7 Å². The minimum absolute atomic E-state index is 0.174. The van der Waals surface area contributed by atoms with E-state index < -0.39 is 34.9 Å². The lowest BCUT2D eigenvalue weighted by atomic mass is 9.87. The molecule has 0 aromatic heterocycles. The van der Waals surface area contributed by atoms with Gasteiger partial charge in [0.25, 0.3) is 0 Å². The normalized spacial score (nSPS) is 14.4. The molecule has 2 rings (SSSR count). The number of carboxylic acid groups (broad SMARTS) is 2. The standard InChI is InChI=1S/C26H32N2O6/c1-25(2,3)21(23(31)32)27-13-15-9-7-11-17(19(15)29)18-12-8-10-16(20(18)30)14-28-22(24(33)34)26(4,5)6/h7-14,21-22,29-30H,1-6H3,(H,31,32)(H,33,34)/t21-,22-/m1/s1. The molecule has 2 aromatic rings. The van der Waals surface area contributed by atoms with Gasteiger partial charge in [0, 0.05) is 34.7 Å². The first-order valence-electron chi connectivity index (χ1n) is 10.8. The zero-order valence-electron chi connectivity index (χ0n) is 20.3. The zero-order chi connectivity index (χ0) is 25.8. The van der Waals surface area contributed by atoms with Crippen molar-refractivity contribution in [2.24, 2.45) is 20.8 Å². The Kier molecular flexibility index (Phi) is 7.87.